The van der Waals surface area contributed by atoms with Crippen molar-refractivity contribution < 1.29 is 14.0 Å². The summed E-state index contributed by atoms with van der Waals surface area (Å²) < 4.78 is 16.6. The topological polar surface area (TPSA) is 97.5 Å². The molecule has 3 aromatic carbocycles. The van der Waals surface area contributed by atoms with Crippen LogP contribution in [0, 0.1) is 12.7 Å². The number of para-hydroxylation sites is 1. The van der Waals surface area contributed by atoms with E-state index < -0.39 is 11.7 Å². The number of fused-ring (bicyclic) bond motifs is 1. The van der Waals surface area contributed by atoms with Gasteiger partial charge in [0.2, 0.25) is 17.6 Å². The van der Waals surface area contributed by atoms with E-state index in [1.54, 1.807) is 29.7 Å². The molecule has 0 radical (unpaired) electrons. The molecule has 0 aliphatic carbocycles. The predicted octanol–water partition coefficient (Wildman–Crippen LogP) is 5.60. The van der Waals surface area contributed by atoms with Crippen LogP contribution in [0.5, 0.6) is 0 Å². The molecule has 0 saturated carbocycles. The zero-order valence-electron chi connectivity index (χ0n) is 22.6. The van der Waals surface area contributed by atoms with E-state index in [9.17, 15) is 18.8 Å². The average Bonchev–Trinajstić information content (AvgIpc) is 3.33. The molecular formula is C32H28FN5O3. The Balaban J connectivity index is 1.77. The second kappa shape index (κ2) is 11.4. The number of carbonyl (C=O) groups is 2. The van der Waals surface area contributed by atoms with Crippen LogP contribution in [-0.4, -0.2) is 25.8 Å². The predicted molar refractivity (Wildman–Crippen MR) is 158 cm³/mol. The van der Waals surface area contributed by atoms with E-state index >= 15 is 0 Å². The number of nitrogens with one attached hydrogen (secondary N) is 2. The lowest BCUT2D eigenvalue weighted by Gasteiger charge is -2.19. The monoisotopic (exact) mass is 549 g/mol. The lowest BCUT2D eigenvalue weighted by molar-refractivity contribution is -0.116. The van der Waals surface area contributed by atoms with E-state index in [1.165, 1.54) is 34.7 Å². The van der Waals surface area contributed by atoms with E-state index in [4.69, 9.17) is 4.98 Å². The molecule has 2 aromatic heterocycles. The summed E-state index contributed by atoms with van der Waals surface area (Å²) >= 11 is 0. The zero-order chi connectivity index (χ0) is 29.1. The molecule has 0 spiro atoms. The van der Waals surface area contributed by atoms with Crippen LogP contribution in [0.3, 0.4) is 0 Å². The molecule has 0 fully saturated rings. The van der Waals surface area contributed by atoms with Crippen molar-refractivity contribution in [2.24, 2.45) is 0 Å². The smallest absolute Gasteiger partial charge is 0.267 e. The normalized spacial score (nSPS) is 10.9. The van der Waals surface area contributed by atoms with Crippen molar-refractivity contribution in [3.05, 3.63) is 119 Å². The van der Waals surface area contributed by atoms with Gasteiger partial charge in [-0.2, -0.15) is 0 Å². The van der Waals surface area contributed by atoms with Gasteiger partial charge in [0.25, 0.3) is 5.56 Å². The number of carbonyl (C=O) groups excluding carboxylic acids is 2. The summed E-state index contributed by atoms with van der Waals surface area (Å²) in [6.07, 6.45) is 1.62. The number of amides is 2. The highest BCUT2D eigenvalue weighted by atomic mass is 19.1. The molecule has 0 atom stereocenters. The number of hydrogen-bond donors (Lipinski definition) is 2. The quantitative estimate of drug-likeness (QED) is 0.246. The van der Waals surface area contributed by atoms with Crippen LogP contribution in [0.15, 0.2) is 96.3 Å². The first-order valence-electron chi connectivity index (χ1n) is 13.1. The molecule has 0 aliphatic heterocycles. The number of hydrogen-bond acceptors (Lipinski definition) is 4. The van der Waals surface area contributed by atoms with Gasteiger partial charge in [0.15, 0.2) is 0 Å². The number of nitrogens with zero attached hydrogens (tertiary/aromatic N) is 3. The van der Waals surface area contributed by atoms with Gasteiger partial charge in [0.05, 0.1) is 22.6 Å². The van der Waals surface area contributed by atoms with Crippen molar-refractivity contribution in [2.45, 2.75) is 26.8 Å². The fourth-order valence-electron chi connectivity index (χ4n) is 4.98. The van der Waals surface area contributed by atoms with Crippen LogP contribution >= 0.6 is 0 Å². The molecule has 5 rings (SSSR count). The third-order valence-electron chi connectivity index (χ3n) is 6.76. The van der Waals surface area contributed by atoms with Gasteiger partial charge in [-0.25, -0.2) is 13.8 Å². The van der Waals surface area contributed by atoms with E-state index in [2.05, 4.69) is 17.2 Å². The second-order valence-corrected chi connectivity index (χ2v) is 9.41. The van der Waals surface area contributed by atoms with Crippen molar-refractivity contribution in [2.75, 3.05) is 10.6 Å². The van der Waals surface area contributed by atoms with E-state index in [-0.39, 0.29) is 23.8 Å². The summed E-state index contributed by atoms with van der Waals surface area (Å²) in [6, 6.07) is 21.9. The number of halogens is 1. The largest absolute Gasteiger partial charge is 0.325 e. The highest BCUT2D eigenvalue weighted by molar-refractivity contribution is 6.01. The second-order valence-electron chi connectivity index (χ2n) is 9.41. The fourth-order valence-corrected chi connectivity index (χ4v) is 4.98. The first kappa shape index (κ1) is 27.3. The van der Waals surface area contributed by atoms with Crippen molar-refractivity contribution in [3.63, 3.8) is 0 Å². The van der Waals surface area contributed by atoms with Gasteiger partial charge >= 0.3 is 0 Å². The van der Waals surface area contributed by atoms with Crippen LogP contribution in [0.4, 0.5) is 15.8 Å². The summed E-state index contributed by atoms with van der Waals surface area (Å²) in [6.45, 7) is 7.09. The van der Waals surface area contributed by atoms with Gasteiger partial charge in [-0.1, -0.05) is 62.0 Å². The Morgan fingerprint density at radius 1 is 0.976 bits per heavy atom. The van der Waals surface area contributed by atoms with Crippen molar-refractivity contribution >= 4 is 29.0 Å². The minimum Gasteiger partial charge on any atom is -0.325 e. The number of anilines is 2. The molecule has 41 heavy (non-hydrogen) atoms. The van der Waals surface area contributed by atoms with Crippen LogP contribution < -0.4 is 16.2 Å². The molecule has 9 heteroatoms. The Labute approximate surface area is 235 Å². The number of imidazole rings is 1. The summed E-state index contributed by atoms with van der Waals surface area (Å²) in [7, 11) is 0. The molecule has 2 heterocycles. The minimum absolute atomic E-state index is 0.144. The third kappa shape index (κ3) is 5.29. The van der Waals surface area contributed by atoms with Gasteiger partial charge in [-0.3, -0.25) is 14.4 Å². The maximum absolute atomic E-state index is 14.3. The first-order valence-corrected chi connectivity index (χ1v) is 13.1. The Morgan fingerprint density at radius 2 is 1.66 bits per heavy atom. The van der Waals surface area contributed by atoms with Gasteiger partial charge in [0, 0.05) is 16.9 Å². The van der Waals surface area contributed by atoms with Crippen LogP contribution in [-0.2, 0) is 22.6 Å². The number of rotatable bonds is 8. The maximum Gasteiger partial charge on any atom is 0.267 e. The average molecular weight is 550 g/mol. The standard InChI is InChI=1S/C32H28FN5O3/c1-4-26-29(21-11-7-6-8-12-21)31(41)38-30(24-13-9-10-14-25(24)36-27(39)5-2)20(3)34-32(38)37(26)19-28(40)35-23-17-15-22(33)16-18-23/h5-18H,2,4,19H2,1,3H3,(H,35,40)(H,36,39). The molecule has 0 bridgehead atoms. The molecular weight excluding hydrogens is 521 g/mol. The third-order valence-corrected chi connectivity index (χ3v) is 6.76. The summed E-state index contributed by atoms with van der Waals surface area (Å²) in [5, 5.41) is 5.61. The maximum atomic E-state index is 14.3. The number of aromatic nitrogens is 3. The molecule has 206 valence electrons. The van der Waals surface area contributed by atoms with Gasteiger partial charge in [-0.05, 0) is 55.3 Å². The van der Waals surface area contributed by atoms with E-state index in [0.29, 0.717) is 51.6 Å². The molecule has 0 unspecified atom stereocenters. The minimum atomic E-state index is -0.407. The summed E-state index contributed by atoms with van der Waals surface area (Å²) in [5.41, 5.74) is 4.07. The van der Waals surface area contributed by atoms with Crippen LogP contribution in [0.25, 0.3) is 28.2 Å². The lowest BCUT2D eigenvalue weighted by atomic mass is 10.0. The molecule has 0 aliphatic rings. The lowest BCUT2D eigenvalue weighted by Crippen LogP contribution is -2.28. The Kier molecular flexibility index (Phi) is 7.60. The van der Waals surface area contributed by atoms with Crippen molar-refractivity contribution in [1.29, 1.82) is 0 Å². The van der Waals surface area contributed by atoms with E-state index in [1.807, 2.05) is 43.3 Å². The van der Waals surface area contributed by atoms with Gasteiger partial charge in [0.1, 0.15) is 12.4 Å². The summed E-state index contributed by atoms with van der Waals surface area (Å²) in [5.74, 6) is -0.872. The van der Waals surface area contributed by atoms with Crippen LogP contribution in [0.1, 0.15) is 18.3 Å². The zero-order valence-corrected chi connectivity index (χ0v) is 22.6. The van der Waals surface area contributed by atoms with Crippen LogP contribution in [0.2, 0.25) is 0 Å². The first-order chi connectivity index (χ1) is 19.8. The summed E-state index contributed by atoms with van der Waals surface area (Å²) in [4.78, 5) is 44.6. The molecule has 8 nitrogen and oxygen atoms in total. The molecule has 2 N–H and O–H groups in total. The SMILES string of the molecule is C=CC(=O)Nc1ccccc1-c1c(C)nc2n(CC(=O)Nc3ccc(F)cc3)c(CC)c(-c3ccccc3)c(=O)n12. The Bertz CT molecular complexity index is 1840. The van der Waals surface area contributed by atoms with Crippen molar-refractivity contribution in [1.82, 2.24) is 14.0 Å². The Morgan fingerprint density at radius 3 is 2.34 bits per heavy atom. The van der Waals surface area contributed by atoms with Gasteiger partial charge in [-0.15, -0.1) is 0 Å². The highest BCUT2D eigenvalue weighted by Gasteiger charge is 2.25. The fraction of sp³-hybridized carbons (Fsp3) is 0.125. The van der Waals surface area contributed by atoms with Gasteiger partial charge < -0.3 is 15.2 Å². The number of benzene rings is 3. The molecule has 2 amide bonds. The Hall–Kier alpha value is -5.31. The van der Waals surface area contributed by atoms with E-state index in [0.717, 1.165) is 0 Å². The number of aryl methyl sites for hydroxylation is 1. The highest BCUT2D eigenvalue weighted by Crippen LogP contribution is 2.32. The molecule has 5 aromatic rings. The molecule has 0 saturated heterocycles. The van der Waals surface area contributed by atoms with Crippen molar-refractivity contribution in [3.8, 4) is 22.4 Å².